The van der Waals surface area contributed by atoms with Gasteiger partial charge in [0.2, 0.25) is 0 Å². The molecule has 1 aromatic carbocycles. The van der Waals surface area contributed by atoms with Gasteiger partial charge in [-0.15, -0.1) is 0 Å². The quantitative estimate of drug-likeness (QED) is 0.676. The highest BCUT2D eigenvalue weighted by molar-refractivity contribution is 5.87. The summed E-state index contributed by atoms with van der Waals surface area (Å²) in [6.07, 6.45) is 1.95. The fourth-order valence-corrected chi connectivity index (χ4v) is 2.68. The van der Waals surface area contributed by atoms with E-state index in [0.29, 0.717) is 29.3 Å². The lowest BCUT2D eigenvalue weighted by atomic mass is 10.1. The van der Waals surface area contributed by atoms with Gasteiger partial charge in [0.1, 0.15) is 11.3 Å². The molecule has 0 aliphatic rings. The first kappa shape index (κ1) is 19.3. The van der Waals surface area contributed by atoms with E-state index < -0.39 is 12.0 Å². The Bertz CT molecular complexity index is 1100. The minimum atomic E-state index is -1.36. The van der Waals surface area contributed by atoms with Gasteiger partial charge in [-0.05, 0) is 43.7 Å². The zero-order chi connectivity index (χ0) is 20.3. The third kappa shape index (κ3) is 4.08. The third-order valence-corrected chi connectivity index (χ3v) is 4.30. The van der Waals surface area contributed by atoms with Gasteiger partial charge in [0, 0.05) is 42.5 Å². The maximum atomic E-state index is 11.9. The van der Waals surface area contributed by atoms with Gasteiger partial charge in [-0.1, -0.05) is 11.8 Å². The van der Waals surface area contributed by atoms with Gasteiger partial charge < -0.3 is 15.7 Å². The maximum absolute atomic E-state index is 11.9. The number of pyridine rings is 1. The highest BCUT2D eigenvalue weighted by atomic mass is 16.3. The number of hydrogen-bond donors (Lipinski definition) is 2. The number of amides is 1. The standard InChI is InChI=1S/C21H21N5O2/c1-4-26(3)21(28)17(27)6-5-14-9-13(2)10-16(11-14)20-24-12-15-7-8-23-19(22)18(15)25-20/h7-12,17,27H,4H2,1-3H3,(H2,22,23). The van der Waals surface area contributed by atoms with Crippen LogP contribution in [-0.2, 0) is 4.79 Å². The van der Waals surface area contributed by atoms with Crippen molar-refractivity contribution in [2.75, 3.05) is 19.3 Å². The molecule has 0 aliphatic heterocycles. The molecule has 7 nitrogen and oxygen atoms in total. The summed E-state index contributed by atoms with van der Waals surface area (Å²) in [5.41, 5.74) is 8.88. The van der Waals surface area contributed by atoms with E-state index in [0.717, 1.165) is 16.5 Å². The molecule has 3 aromatic rings. The third-order valence-electron chi connectivity index (χ3n) is 4.30. The van der Waals surface area contributed by atoms with E-state index >= 15 is 0 Å². The van der Waals surface area contributed by atoms with Gasteiger partial charge in [0.15, 0.2) is 11.9 Å². The summed E-state index contributed by atoms with van der Waals surface area (Å²) >= 11 is 0. The molecule has 0 bridgehead atoms. The number of fused-ring (bicyclic) bond motifs is 1. The summed E-state index contributed by atoms with van der Waals surface area (Å²) in [7, 11) is 1.62. The van der Waals surface area contributed by atoms with Gasteiger partial charge >= 0.3 is 0 Å². The van der Waals surface area contributed by atoms with Crippen molar-refractivity contribution in [1.29, 1.82) is 0 Å². The molecule has 28 heavy (non-hydrogen) atoms. The molecule has 2 aromatic heterocycles. The number of aliphatic hydroxyl groups excluding tert-OH is 1. The van der Waals surface area contributed by atoms with Gasteiger partial charge in [0.05, 0.1) is 0 Å². The fourth-order valence-electron chi connectivity index (χ4n) is 2.68. The number of rotatable bonds is 3. The lowest BCUT2D eigenvalue weighted by Crippen LogP contribution is -2.35. The molecule has 0 radical (unpaired) electrons. The first-order valence-electron chi connectivity index (χ1n) is 8.83. The Morgan fingerprint density at radius 3 is 2.86 bits per heavy atom. The predicted octanol–water partition coefficient (Wildman–Crippen LogP) is 1.77. The zero-order valence-corrected chi connectivity index (χ0v) is 16.0. The number of nitrogen functional groups attached to an aromatic ring is 1. The Morgan fingerprint density at radius 2 is 2.11 bits per heavy atom. The first-order chi connectivity index (χ1) is 13.4. The van der Waals surface area contributed by atoms with Crippen molar-refractivity contribution in [1.82, 2.24) is 19.9 Å². The average molecular weight is 375 g/mol. The van der Waals surface area contributed by atoms with Crippen molar-refractivity contribution in [3.63, 3.8) is 0 Å². The Balaban J connectivity index is 1.96. The Labute approximate surface area is 163 Å². The molecule has 3 rings (SSSR count). The topological polar surface area (TPSA) is 105 Å². The summed E-state index contributed by atoms with van der Waals surface area (Å²) in [6, 6.07) is 7.42. The van der Waals surface area contributed by atoms with E-state index in [1.807, 2.05) is 32.0 Å². The number of carbonyl (C=O) groups is 1. The second kappa shape index (κ2) is 8.03. The Morgan fingerprint density at radius 1 is 1.32 bits per heavy atom. The Kier molecular flexibility index (Phi) is 5.52. The highest BCUT2D eigenvalue weighted by Gasteiger charge is 2.15. The average Bonchev–Trinajstić information content (AvgIpc) is 2.70. The smallest absolute Gasteiger partial charge is 0.263 e. The van der Waals surface area contributed by atoms with Gasteiger partial charge in [-0.3, -0.25) is 4.79 Å². The molecule has 0 spiro atoms. The molecule has 7 heteroatoms. The van der Waals surface area contributed by atoms with Crippen molar-refractivity contribution in [2.24, 2.45) is 0 Å². The fraction of sp³-hybridized carbons (Fsp3) is 0.238. The van der Waals surface area contributed by atoms with Crippen LogP contribution in [0.2, 0.25) is 0 Å². The van der Waals surface area contributed by atoms with Gasteiger partial charge in [-0.2, -0.15) is 0 Å². The van der Waals surface area contributed by atoms with Crippen LogP contribution in [-0.4, -0.2) is 50.6 Å². The lowest BCUT2D eigenvalue weighted by Gasteiger charge is -2.15. The maximum Gasteiger partial charge on any atom is 0.263 e. The number of aryl methyl sites for hydroxylation is 1. The normalized spacial score (nSPS) is 11.6. The van der Waals surface area contributed by atoms with Crippen LogP contribution in [0.15, 0.2) is 36.7 Å². The molecule has 1 atom stereocenters. The molecule has 3 N–H and O–H groups in total. The van der Waals surface area contributed by atoms with E-state index in [1.54, 1.807) is 25.5 Å². The van der Waals surface area contributed by atoms with E-state index in [2.05, 4.69) is 26.8 Å². The first-order valence-corrected chi connectivity index (χ1v) is 8.83. The van der Waals surface area contributed by atoms with Crippen molar-refractivity contribution in [3.05, 3.63) is 47.8 Å². The molecule has 0 saturated carbocycles. The molecule has 142 valence electrons. The molecule has 1 amide bonds. The number of nitrogens with two attached hydrogens (primary N) is 1. The van der Waals surface area contributed by atoms with E-state index in [9.17, 15) is 9.90 Å². The monoisotopic (exact) mass is 375 g/mol. The van der Waals surface area contributed by atoms with Crippen LogP contribution in [0.4, 0.5) is 5.82 Å². The van der Waals surface area contributed by atoms with Crippen LogP contribution in [0.5, 0.6) is 0 Å². The zero-order valence-electron chi connectivity index (χ0n) is 16.0. The van der Waals surface area contributed by atoms with E-state index in [-0.39, 0.29) is 0 Å². The van der Waals surface area contributed by atoms with Crippen LogP contribution in [0.25, 0.3) is 22.3 Å². The molecule has 0 fully saturated rings. The number of likely N-dealkylation sites (N-methyl/N-ethyl adjacent to an activating group) is 1. The molecule has 1 unspecified atom stereocenters. The number of aliphatic hydroxyl groups is 1. The molecule has 0 aliphatic carbocycles. The van der Waals surface area contributed by atoms with Gasteiger partial charge in [0.25, 0.3) is 5.91 Å². The molecule has 0 saturated heterocycles. The van der Waals surface area contributed by atoms with Crippen molar-refractivity contribution < 1.29 is 9.90 Å². The predicted molar refractivity (Wildman–Crippen MR) is 108 cm³/mol. The van der Waals surface area contributed by atoms with E-state index in [4.69, 9.17) is 5.73 Å². The summed E-state index contributed by atoms with van der Waals surface area (Å²) in [6.45, 7) is 4.26. The van der Waals surface area contributed by atoms with Crippen molar-refractivity contribution in [3.8, 4) is 23.2 Å². The molecular weight excluding hydrogens is 354 g/mol. The molecular formula is C21H21N5O2. The second-order valence-electron chi connectivity index (χ2n) is 6.44. The number of anilines is 1. The molecule has 2 heterocycles. The van der Waals surface area contributed by atoms with Crippen LogP contribution >= 0.6 is 0 Å². The number of carbonyl (C=O) groups excluding carboxylic acids is 1. The SMILES string of the molecule is CCN(C)C(=O)C(O)C#Cc1cc(C)cc(-c2ncc3ccnc(N)c3n2)c1. The minimum absolute atomic E-state index is 0.343. The number of aromatic nitrogens is 3. The van der Waals surface area contributed by atoms with Gasteiger partial charge in [-0.25, -0.2) is 15.0 Å². The largest absolute Gasteiger partial charge is 0.382 e. The number of benzene rings is 1. The highest BCUT2D eigenvalue weighted by Crippen LogP contribution is 2.22. The number of nitrogens with zero attached hydrogens (tertiary/aromatic N) is 4. The van der Waals surface area contributed by atoms with Crippen LogP contribution in [0, 0.1) is 18.8 Å². The summed E-state index contributed by atoms with van der Waals surface area (Å²) < 4.78 is 0. The minimum Gasteiger partial charge on any atom is -0.382 e. The second-order valence-corrected chi connectivity index (χ2v) is 6.44. The summed E-state index contributed by atoms with van der Waals surface area (Å²) in [4.78, 5) is 26.4. The van der Waals surface area contributed by atoms with Crippen LogP contribution in [0.1, 0.15) is 18.1 Å². The Hall–Kier alpha value is -3.50. The lowest BCUT2D eigenvalue weighted by molar-refractivity contribution is -0.135. The van der Waals surface area contributed by atoms with Crippen molar-refractivity contribution in [2.45, 2.75) is 20.0 Å². The van der Waals surface area contributed by atoms with Crippen molar-refractivity contribution >= 4 is 22.6 Å². The van der Waals surface area contributed by atoms with E-state index in [1.165, 1.54) is 4.90 Å². The summed E-state index contributed by atoms with van der Waals surface area (Å²) in [5.74, 6) is 5.88. The summed E-state index contributed by atoms with van der Waals surface area (Å²) in [5, 5.41) is 10.8. The van der Waals surface area contributed by atoms with Crippen LogP contribution in [0.3, 0.4) is 0 Å². The van der Waals surface area contributed by atoms with Crippen LogP contribution < -0.4 is 5.73 Å². The number of hydrogen-bond acceptors (Lipinski definition) is 6.